The fraction of sp³-hybridized carbons (Fsp3) is 0.289. The third-order valence-electron chi connectivity index (χ3n) is 8.99. The highest BCUT2D eigenvalue weighted by Crippen LogP contribution is 2.34. The van der Waals surface area contributed by atoms with Gasteiger partial charge in [-0.1, -0.05) is 12.1 Å². The van der Waals surface area contributed by atoms with Gasteiger partial charge in [-0.3, -0.25) is 14.5 Å². The second-order valence-electron chi connectivity index (χ2n) is 12.8. The van der Waals surface area contributed by atoms with Gasteiger partial charge in [-0.05, 0) is 67.1 Å². The number of methoxy groups -OCH3 is 1. The Bertz CT molecular complexity index is 2130. The topological polar surface area (TPSA) is 98.2 Å². The molecule has 0 spiro atoms. The van der Waals surface area contributed by atoms with Gasteiger partial charge in [0.05, 0.1) is 35.6 Å². The number of benzene rings is 3. The molecular formula is C38H35F6N5O5. The summed E-state index contributed by atoms with van der Waals surface area (Å²) in [4.78, 5) is 34.8. The van der Waals surface area contributed by atoms with Gasteiger partial charge >= 0.3 is 12.4 Å². The zero-order valence-corrected chi connectivity index (χ0v) is 29.3. The van der Waals surface area contributed by atoms with Gasteiger partial charge in [0.15, 0.2) is 6.61 Å². The summed E-state index contributed by atoms with van der Waals surface area (Å²) >= 11 is 0. The van der Waals surface area contributed by atoms with Gasteiger partial charge in [0.2, 0.25) is 5.88 Å². The maximum absolute atomic E-state index is 13.7. The monoisotopic (exact) mass is 755 g/mol. The number of ether oxygens (including phenoxy) is 3. The second kappa shape index (κ2) is 15.3. The molecule has 0 unspecified atom stereocenters. The predicted octanol–water partition coefficient (Wildman–Crippen LogP) is 7.93. The highest BCUT2D eigenvalue weighted by molar-refractivity contribution is 6.06. The van der Waals surface area contributed by atoms with E-state index in [-0.39, 0.29) is 40.6 Å². The largest absolute Gasteiger partial charge is 0.496 e. The van der Waals surface area contributed by atoms with Gasteiger partial charge in [0.1, 0.15) is 22.9 Å². The smallest absolute Gasteiger partial charge is 0.422 e. The Hall–Kier alpha value is -5.77. The number of rotatable bonds is 10. The molecule has 2 amide bonds. The Morgan fingerprint density at radius 1 is 0.907 bits per heavy atom. The van der Waals surface area contributed by atoms with Crippen LogP contribution in [0.25, 0.3) is 10.9 Å². The Kier molecular flexibility index (Phi) is 10.8. The number of hydrogen-bond acceptors (Lipinski definition) is 7. The van der Waals surface area contributed by atoms with Crippen LogP contribution in [0, 0.1) is 0 Å². The first-order valence-electron chi connectivity index (χ1n) is 16.7. The van der Waals surface area contributed by atoms with E-state index in [1.54, 1.807) is 40.8 Å². The first-order valence-corrected chi connectivity index (χ1v) is 16.7. The number of nitrogens with one attached hydrogen (secondary N) is 1. The Labute approximate surface area is 305 Å². The van der Waals surface area contributed by atoms with E-state index in [2.05, 4.69) is 15.2 Å². The molecule has 0 saturated carbocycles. The van der Waals surface area contributed by atoms with Crippen LogP contribution in [0.15, 0.2) is 85.1 Å². The lowest BCUT2D eigenvalue weighted by atomic mass is 10.1. The van der Waals surface area contributed by atoms with Gasteiger partial charge in [-0.25, -0.2) is 4.98 Å². The minimum atomic E-state index is -4.59. The quantitative estimate of drug-likeness (QED) is 0.145. The molecule has 5 aromatic rings. The number of alkyl halides is 6. The molecule has 1 fully saturated rings. The predicted molar refractivity (Wildman–Crippen MR) is 187 cm³/mol. The number of piperazine rings is 1. The van der Waals surface area contributed by atoms with Gasteiger partial charge in [-0.2, -0.15) is 26.3 Å². The van der Waals surface area contributed by atoms with Crippen molar-refractivity contribution in [2.24, 2.45) is 7.05 Å². The summed E-state index contributed by atoms with van der Waals surface area (Å²) < 4.78 is 94.1. The first-order chi connectivity index (χ1) is 25.6. The molecule has 54 heavy (non-hydrogen) atoms. The van der Waals surface area contributed by atoms with E-state index in [1.807, 2.05) is 19.1 Å². The third-order valence-corrected chi connectivity index (χ3v) is 8.99. The normalized spacial score (nSPS) is 15.3. The maximum atomic E-state index is 13.7. The summed E-state index contributed by atoms with van der Waals surface area (Å²) in [7, 11) is 2.97. The van der Waals surface area contributed by atoms with Crippen LogP contribution in [0.2, 0.25) is 0 Å². The highest BCUT2D eigenvalue weighted by Gasteiger charge is 2.32. The van der Waals surface area contributed by atoms with Crippen LogP contribution in [-0.4, -0.2) is 76.7 Å². The minimum absolute atomic E-state index is 0.0263. The summed E-state index contributed by atoms with van der Waals surface area (Å²) in [5.74, 6) is -0.230. The fourth-order valence-corrected chi connectivity index (χ4v) is 6.13. The first kappa shape index (κ1) is 38.0. The number of nitrogens with zero attached hydrogens (tertiary/aromatic N) is 4. The van der Waals surface area contributed by atoms with Crippen molar-refractivity contribution in [1.82, 2.24) is 19.4 Å². The van der Waals surface area contributed by atoms with Gasteiger partial charge in [0, 0.05) is 56.8 Å². The molecule has 284 valence electrons. The van der Waals surface area contributed by atoms with Gasteiger partial charge in [0.25, 0.3) is 11.8 Å². The van der Waals surface area contributed by atoms with Crippen molar-refractivity contribution in [3.63, 3.8) is 0 Å². The van der Waals surface area contributed by atoms with Crippen molar-refractivity contribution in [2.45, 2.75) is 31.9 Å². The molecule has 10 nitrogen and oxygen atoms in total. The summed E-state index contributed by atoms with van der Waals surface area (Å²) in [6.45, 7) is 2.84. The molecule has 1 N–H and O–H groups in total. The molecule has 0 bridgehead atoms. The van der Waals surface area contributed by atoms with E-state index in [0.717, 1.165) is 34.7 Å². The lowest BCUT2D eigenvalue weighted by molar-refractivity contribution is -0.153. The van der Waals surface area contributed by atoms with Crippen LogP contribution in [0.1, 0.15) is 38.9 Å². The van der Waals surface area contributed by atoms with Crippen molar-refractivity contribution in [3.8, 4) is 23.1 Å². The lowest BCUT2D eigenvalue weighted by Crippen LogP contribution is -2.53. The molecule has 1 atom stereocenters. The molecule has 6 rings (SSSR count). The Morgan fingerprint density at radius 2 is 1.65 bits per heavy atom. The molecule has 3 aromatic carbocycles. The van der Waals surface area contributed by atoms with Crippen LogP contribution in [-0.2, 0) is 19.8 Å². The number of pyridine rings is 1. The molecule has 16 heteroatoms. The summed E-state index contributed by atoms with van der Waals surface area (Å²) in [5.41, 5.74) is 1.42. The standard InChI is InChI=1S/C38H35F6N5O5/c1-23-20-49(15-14-48(23)21-24-4-9-28(10-5-24)53-22-37(39,40)41)36(51)32-16-25-6-11-29(18-31(25)47(32)2)54-34-13-8-27(19-45-34)46-35(50)30-12-7-26(38(42,43)44)17-33(30)52-3/h4-13,16-19,23H,14-15,20-22H2,1-3H3,(H,46,50)/t23-/m0/s1. The van der Waals surface area contributed by atoms with Crippen molar-refractivity contribution < 1.29 is 50.1 Å². The zero-order chi connectivity index (χ0) is 38.8. The number of aromatic nitrogens is 2. The molecule has 1 aliphatic heterocycles. The molecular weight excluding hydrogens is 720 g/mol. The van der Waals surface area contributed by atoms with Crippen LogP contribution < -0.4 is 19.5 Å². The van der Waals surface area contributed by atoms with E-state index in [1.165, 1.54) is 37.6 Å². The zero-order valence-electron chi connectivity index (χ0n) is 29.3. The van der Waals surface area contributed by atoms with E-state index >= 15 is 0 Å². The van der Waals surface area contributed by atoms with Crippen LogP contribution in [0.5, 0.6) is 23.1 Å². The Morgan fingerprint density at radius 3 is 2.30 bits per heavy atom. The van der Waals surface area contributed by atoms with E-state index in [9.17, 15) is 35.9 Å². The average molecular weight is 756 g/mol. The van der Waals surface area contributed by atoms with Crippen LogP contribution >= 0.6 is 0 Å². The number of amides is 2. The van der Waals surface area contributed by atoms with E-state index in [4.69, 9.17) is 14.2 Å². The van der Waals surface area contributed by atoms with Gasteiger partial charge in [-0.15, -0.1) is 0 Å². The van der Waals surface area contributed by atoms with Crippen molar-refractivity contribution >= 4 is 28.4 Å². The SMILES string of the molecule is COc1cc(C(F)(F)F)ccc1C(=O)Nc1ccc(Oc2ccc3cc(C(=O)N4CCN(Cc5ccc(OCC(F)(F)F)cc5)[C@@H](C)C4)n(C)c3c2)nc1. The third kappa shape index (κ3) is 8.87. The molecule has 1 aliphatic rings. The van der Waals surface area contributed by atoms with E-state index in [0.29, 0.717) is 37.6 Å². The number of halogens is 6. The molecule has 2 aromatic heterocycles. The summed E-state index contributed by atoms with van der Waals surface area (Å²) in [6, 6.07) is 19.4. The highest BCUT2D eigenvalue weighted by atomic mass is 19.4. The molecule has 1 saturated heterocycles. The Balaban J connectivity index is 1.05. The van der Waals surface area contributed by atoms with Gasteiger partial charge < -0.3 is 29.0 Å². The summed E-state index contributed by atoms with van der Waals surface area (Å²) in [5, 5.41) is 3.41. The van der Waals surface area contributed by atoms with Crippen LogP contribution in [0.4, 0.5) is 32.0 Å². The number of fused-ring (bicyclic) bond motifs is 1. The second-order valence-corrected chi connectivity index (χ2v) is 12.8. The number of hydrogen-bond donors (Lipinski definition) is 1. The number of anilines is 1. The average Bonchev–Trinajstić information content (AvgIpc) is 3.46. The minimum Gasteiger partial charge on any atom is -0.496 e. The fourth-order valence-electron chi connectivity index (χ4n) is 6.13. The van der Waals surface area contributed by atoms with Crippen molar-refractivity contribution in [1.29, 1.82) is 0 Å². The lowest BCUT2D eigenvalue weighted by Gasteiger charge is -2.40. The van der Waals surface area contributed by atoms with Crippen molar-refractivity contribution in [2.75, 3.05) is 38.7 Å². The van der Waals surface area contributed by atoms with E-state index < -0.39 is 30.4 Å². The van der Waals surface area contributed by atoms with Crippen LogP contribution in [0.3, 0.4) is 0 Å². The number of carbonyl (C=O) groups is 2. The molecule has 0 radical (unpaired) electrons. The van der Waals surface area contributed by atoms with Crippen molar-refractivity contribution in [3.05, 3.63) is 107 Å². The summed E-state index contributed by atoms with van der Waals surface area (Å²) in [6.07, 6.45) is -7.65. The molecule has 3 heterocycles. The number of aryl methyl sites for hydroxylation is 1. The molecule has 0 aliphatic carbocycles. The number of carbonyl (C=O) groups excluding carboxylic acids is 2. The maximum Gasteiger partial charge on any atom is 0.422 e.